The van der Waals surface area contributed by atoms with E-state index in [0.29, 0.717) is 6.61 Å². The first-order valence-corrected chi connectivity index (χ1v) is 6.71. The molecule has 0 saturated carbocycles. The fourth-order valence-corrected chi connectivity index (χ4v) is 2.67. The van der Waals surface area contributed by atoms with Gasteiger partial charge in [-0.3, -0.25) is 4.79 Å². The van der Waals surface area contributed by atoms with Gasteiger partial charge in [0.15, 0.2) is 0 Å². The van der Waals surface area contributed by atoms with Crippen LogP contribution in [0.2, 0.25) is 0 Å². The molecule has 0 aromatic heterocycles. The van der Waals surface area contributed by atoms with Gasteiger partial charge >= 0.3 is 12.1 Å². The molecule has 1 fully saturated rings. The number of hydrogen-bond donors (Lipinski definition) is 1. The summed E-state index contributed by atoms with van der Waals surface area (Å²) < 4.78 is 10.0. The van der Waals surface area contributed by atoms with Crippen molar-refractivity contribution < 1.29 is 19.1 Å². The highest BCUT2D eigenvalue weighted by molar-refractivity contribution is 5.81. The van der Waals surface area contributed by atoms with Gasteiger partial charge in [0.25, 0.3) is 0 Å². The second-order valence-electron chi connectivity index (χ2n) is 4.67. The summed E-state index contributed by atoms with van der Waals surface area (Å²) in [4.78, 5) is 23.5. The van der Waals surface area contributed by atoms with Gasteiger partial charge in [-0.05, 0) is 19.8 Å². The summed E-state index contributed by atoms with van der Waals surface area (Å²) >= 11 is 0. The van der Waals surface area contributed by atoms with E-state index in [1.54, 1.807) is 6.92 Å². The van der Waals surface area contributed by atoms with Crippen LogP contribution in [-0.4, -0.2) is 31.3 Å². The van der Waals surface area contributed by atoms with Crippen LogP contribution in [0.5, 0.6) is 0 Å². The number of hydrogen-bond acceptors (Lipinski definition) is 4. The Balaban J connectivity index is 2.80. The molecule has 1 heterocycles. The number of amides is 1. The highest BCUT2D eigenvalue weighted by Gasteiger charge is 2.51. The molecular weight excluding hydrogens is 234 g/mol. The Morgan fingerprint density at radius 1 is 1.39 bits per heavy atom. The van der Waals surface area contributed by atoms with Crippen molar-refractivity contribution >= 4 is 12.1 Å². The van der Waals surface area contributed by atoms with E-state index in [2.05, 4.69) is 5.32 Å². The van der Waals surface area contributed by atoms with Crippen molar-refractivity contribution in [1.82, 2.24) is 5.32 Å². The van der Waals surface area contributed by atoms with Crippen LogP contribution in [0.25, 0.3) is 0 Å². The minimum absolute atomic E-state index is 0.187. The number of carbonyl (C=O) groups is 2. The number of rotatable bonds is 6. The molecule has 0 spiro atoms. The maximum absolute atomic E-state index is 12.0. The molecule has 0 aliphatic carbocycles. The van der Waals surface area contributed by atoms with E-state index in [1.807, 2.05) is 13.8 Å². The molecule has 1 amide bonds. The van der Waals surface area contributed by atoms with Crippen LogP contribution in [0.15, 0.2) is 0 Å². The highest BCUT2D eigenvalue weighted by atomic mass is 16.6. The van der Waals surface area contributed by atoms with Crippen LogP contribution < -0.4 is 5.32 Å². The maximum atomic E-state index is 12.0. The van der Waals surface area contributed by atoms with E-state index in [1.165, 1.54) is 0 Å². The van der Waals surface area contributed by atoms with Crippen molar-refractivity contribution in [3.63, 3.8) is 0 Å². The lowest BCUT2D eigenvalue weighted by Gasteiger charge is -2.30. The van der Waals surface area contributed by atoms with E-state index in [-0.39, 0.29) is 18.6 Å². The molecule has 0 aromatic rings. The lowest BCUT2D eigenvalue weighted by Crippen LogP contribution is -2.48. The van der Waals surface area contributed by atoms with Crippen LogP contribution in [0.4, 0.5) is 4.79 Å². The second kappa shape index (κ2) is 6.61. The second-order valence-corrected chi connectivity index (χ2v) is 4.67. The van der Waals surface area contributed by atoms with Gasteiger partial charge < -0.3 is 14.8 Å². The van der Waals surface area contributed by atoms with Gasteiger partial charge in [-0.25, -0.2) is 4.79 Å². The number of cyclic esters (lactones) is 1. The van der Waals surface area contributed by atoms with Crippen LogP contribution in [-0.2, 0) is 14.3 Å². The summed E-state index contributed by atoms with van der Waals surface area (Å²) in [6.45, 7) is 6.38. The van der Waals surface area contributed by atoms with Crippen molar-refractivity contribution in [1.29, 1.82) is 0 Å². The van der Waals surface area contributed by atoms with Crippen molar-refractivity contribution in [2.75, 3.05) is 13.2 Å². The molecule has 1 aliphatic rings. The largest absolute Gasteiger partial charge is 0.463 e. The third-order valence-corrected chi connectivity index (χ3v) is 3.41. The standard InChI is InChI=1S/C13H23NO4/c1-4-7-13(8-5-2)10(9-18-11(13)15)14-12(16)17-6-3/h10H,4-9H2,1-3H3,(H,14,16)/t10-/m1/s1. The Labute approximate surface area is 108 Å². The van der Waals surface area contributed by atoms with Gasteiger partial charge in [0.2, 0.25) is 0 Å². The van der Waals surface area contributed by atoms with Crippen LogP contribution in [0, 0.1) is 5.41 Å². The molecule has 1 aliphatic heterocycles. The van der Waals surface area contributed by atoms with Crippen LogP contribution >= 0.6 is 0 Å². The first-order valence-electron chi connectivity index (χ1n) is 6.71. The molecule has 0 unspecified atom stereocenters. The Bertz CT molecular complexity index is 297. The Hall–Kier alpha value is -1.26. The predicted octanol–water partition coefficient (Wildman–Crippen LogP) is 2.24. The van der Waals surface area contributed by atoms with Gasteiger partial charge in [0, 0.05) is 0 Å². The Morgan fingerprint density at radius 3 is 2.50 bits per heavy atom. The van der Waals surface area contributed by atoms with Crippen LogP contribution in [0.1, 0.15) is 46.5 Å². The smallest absolute Gasteiger partial charge is 0.407 e. The van der Waals surface area contributed by atoms with E-state index in [4.69, 9.17) is 9.47 Å². The molecule has 18 heavy (non-hydrogen) atoms. The zero-order valence-corrected chi connectivity index (χ0v) is 11.5. The maximum Gasteiger partial charge on any atom is 0.407 e. The van der Waals surface area contributed by atoms with Gasteiger partial charge in [-0.2, -0.15) is 0 Å². The normalized spacial score (nSPS) is 21.5. The van der Waals surface area contributed by atoms with Crippen molar-refractivity contribution in [2.24, 2.45) is 5.41 Å². The monoisotopic (exact) mass is 257 g/mol. The zero-order valence-electron chi connectivity index (χ0n) is 11.5. The topological polar surface area (TPSA) is 64.6 Å². The van der Waals surface area contributed by atoms with E-state index < -0.39 is 11.5 Å². The number of carbonyl (C=O) groups excluding carboxylic acids is 2. The first kappa shape index (κ1) is 14.8. The van der Waals surface area contributed by atoms with E-state index in [0.717, 1.165) is 25.7 Å². The Kier molecular flexibility index (Phi) is 5.44. The van der Waals surface area contributed by atoms with E-state index >= 15 is 0 Å². The van der Waals surface area contributed by atoms with Gasteiger partial charge in [-0.1, -0.05) is 26.7 Å². The van der Waals surface area contributed by atoms with Gasteiger partial charge in [0.05, 0.1) is 18.1 Å². The fraction of sp³-hybridized carbons (Fsp3) is 0.846. The molecular formula is C13H23NO4. The molecule has 1 N–H and O–H groups in total. The average Bonchev–Trinajstić information content (AvgIpc) is 2.60. The molecule has 5 nitrogen and oxygen atoms in total. The lowest BCUT2D eigenvalue weighted by molar-refractivity contribution is -0.147. The number of ether oxygens (including phenoxy) is 2. The molecule has 0 bridgehead atoms. The molecule has 0 aromatic carbocycles. The third kappa shape index (κ3) is 2.94. The number of alkyl carbamates (subject to hydrolysis) is 1. The van der Waals surface area contributed by atoms with Crippen molar-refractivity contribution in [2.45, 2.75) is 52.5 Å². The molecule has 0 radical (unpaired) electrons. The Morgan fingerprint density at radius 2 is 2.00 bits per heavy atom. The van der Waals surface area contributed by atoms with Crippen molar-refractivity contribution in [3.8, 4) is 0 Å². The summed E-state index contributed by atoms with van der Waals surface area (Å²) in [6.07, 6.45) is 2.76. The first-order chi connectivity index (χ1) is 8.60. The minimum Gasteiger partial charge on any atom is -0.463 e. The quantitative estimate of drug-likeness (QED) is 0.741. The van der Waals surface area contributed by atoms with Crippen molar-refractivity contribution in [3.05, 3.63) is 0 Å². The fourth-order valence-electron chi connectivity index (χ4n) is 2.67. The summed E-state index contributed by atoms with van der Waals surface area (Å²) in [5, 5.41) is 2.76. The molecule has 1 atom stereocenters. The summed E-state index contributed by atoms with van der Waals surface area (Å²) in [7, 11) is 0. The third-order valence-electron chi connectivity index (χ3n) is 3.41. The summed E-state index contributed by atoms with van der Waals surface area (Å²) in [5.41, 5.74) is -0.573. The molecule has 5 heteroatoms. The zero-order chi connectivity index (χ0) is 13.6. The molecule has 104 valence electrons. The van der Waals surface area contributed by atoms with Crippen LogP contribution in [0.3, 0.4) is 0 Å². The predicted molar refractivity (Wildman–Crippen MR) is 67.2 cm³/mol. The van der Waals surface area contributed by atoms with Gasteiger partial charge in [-0.15, -0.1) is 0 Å². The average molecular weight is 257 g/mol. The summed E-state index contributed by atoms with van der Waals surface area (Å²) in [5.74, 6) is -0.187. The minimum atomic E-state index is -0.573. The highest BCUT2D eigenvalue weighted by Crippen LogP contribution is 2.39. The molecule has 1 saturated heterocycles. The number of esters is 1. The summed E-state index contributed by atoms with van der Waals surface area (Å²) in [6, 6.07) is -0.274. The van der Waals surface area contributed by atoms with E-state index in [9.17, 15) is 9.59 Å². The lowest BCUT2D eigenvalue weighted by atomic mass is 9.75. The van der Waals surface area contributed by atoms with Gasteiger partial charge in [0.1, 0.15) is 6.61 Å². The molecule has 1 rings (SSSR count). The SMILES string of the molecule is CCCC1(CCC)C(=O)OC[C@H]1NC(=O)OCC. The number of nitrogens with one attached hydrogen (secondary N) is 1.